The second-order valence-corrected chi connectivity index (χ2v) is 6.52. The Hall–Kier alpha value is -1.11. The van der Waals surface area contributed by atoms with E-state index in [-0.39, 0.29) is 11.0 Å². The summed E-state index contributed by atoms with van der Waals surface area (Å²) in [6.07, 6.45) is 0. The monoisotopic (exact) mass is 337 g/mol. The molecule has 2 aliphatic heterocycles. The summed E-state index contributed by atoms with van der Waals surface area (Å²) in [6, 6.07) is 10.8. The van der Waals surface area contributed by atoms with Crippen molar-refractivity contribution in [1.82, 2.24) is 14.4 Å². The van der Waals surface area contributed by atoms with Gasteiger partial charge in [0.25, 0.3) is 0 Å². The minimum Gasteiger partial charge on any atom is -0.412 e. The first kappa shape index (κ1) is 16.7. The zero-order chi connectivity index (χ0) is 14.9. The molecule has 1 unspecified atom stereocenters. The number of halogens is 1. The fraction of sp³-hybridized carbons (Fsp3) is 0.529. The number of ether oxygens (including phenoxy) is 1. The standard InChI is InChI=1S/C17H22ClN3O.H2O/c18-17-16-13-14-3-1-2-4-15(14)21(16)8-7-20(17)6-5-19-9-11-22-12-10-19;/h1-4,13,17H,5-12H2;1H2. The molecule has 0 aliphatic carbocycles. The summed E-state index contributed by atoms with van der Waals surface area (Å²) in [5, 5.41) is 1.29. The average Bonchev–Trinajstić information content (AvgIpc) is 2.95. The van der Waals surface area contributed by atoms with Crippen molar-refractivity contribution in [2.75, 3.05) is 45.9 Å². The number of hydrogen-bond donors (Lipinski definition) is 0. The van der Waals surface area contributed by atoms with E-state index >= 15 is 0 Å². The van der Waals surface area contributed by atoms with Gasteiger partial charge in [-0.15, -0.1) is 0 Å². The van der Waals surface area contributed by atoms with Gasteiger partial charge in [0, 0.05) is 44.8 Å². The first-order chi connectivity index (χ1) is 10.8. The van der Waals surface area contributed by atoms with Crippen molar-refractivity contribution in [3.63, 3.8) is 0 Å². The molecule has 126 valence electrons. The van der Waals surface area contributed by atoms with Crippen LogP contribution >= 0.6 is 11.6 Å². The van der Waals surface area contributed by atoms with Gasteiger partial charge in [0.2, 0.25) is 0 Å². The van der Waals surface area contributed by atoms with Crippen molar-refractivity contribution in [3.05, 3.63) is 36.0 Å². The Kier molecular flexibility index (Phi) is 5.24. The SMILES string of the molecule is ClC1c2cc3ccccc3n2CCN1CCN1CCOCC1.O. The molecule has 4 rings (SSSR count). The predicted octanol–water partition coefficient (Wildman–Crippen LogP) is 1.70. The van der Waals surface area contributed by atoms with E-state index in [2.05, 4.69) is 44.7 Å². The van der Waals surface area contributed by atoms with Gasteiger partial charge in [0.05, 0.1) is 18.9 Å². The second kappa shape index (κ2) is 7.20. The molecule has 3 heterocycles. The Labute approximate surface area is 141 Å². The molecule has 6 heteroatoms. The molecule has 1 fully saturated rings. The number of alkyl halides is 1. The molecule has 0 bridgehead atoms. The van der Waals surface area contributed by atoms with Gasteiger partial charge in [0.15, 0.2) is 0 Å². The number of hydrogen-bond acceptors (Lipinski definition) is 3. The van der Waals surface area contributed by atoms with Crippen LogP contribution in [0.15, 0.2) is 30.3 Å². The zero-order valence-corrected chi connectivity index (χ0v) is 14.0. The van der Waals surface area contributed by atoms with Crippen molar-refractivity contribution in [2.45, 2.75) is 12.0 Å². The highest BCUT2D eigenvalue weighted by atomic mass is 35.5. The number of fused-ring (bicyclic) bond motifs is 3. The molecule has 1 aromatic heterocycles. The van der Waals surface area contributed by atoms with Gasteiger partial charge in [0.1, 0.15) is 5.50 Å². The van der Waals surface area contributed by atoms with Gasteiger partial charge < -0.3 is 14.8 Å². The largest absolute Gasteiger partial charge is 0.412 e. The molecule has 1 atom stereocenters. The van der Waals surface area contributed by atoms with Gasteiger partial charge in [-0.3, -0.25) is 9.80 Å². The Morgan fingerprint density at radius 3 is 2.65 bits per heavy atom. The lowest BCUT2D eigenvalue weighted by Crippen LogP contribution is -2.44. The number of nitrogens with zero attached hydrogens (tertiary/aromatic N) is 3. The number of morpholine rings is 1. The van der Waals surface area contributed by atoms with E-state index in [0.717, 1.165) is 52.5 Å². The number of para-hydroxylation sites is 1. The molecule has 23 heavy (non-hydrogen) atoms. The molecule has 0 amide bonds. The van der Waals surface area contributed by atoms with Crippen molar-refractivity contribution >= 4 is 22.5 Å². The molecule has 2 aliphatic rings. The summed E-state index contributed by atoms with van der Waals surface area (Å²) < 4.78 is 7.78. The van der Waals surface area contributed by atoms with Crippen LogP contribution in [0.3, 0.4) is 0 Å². The Morgan fingerprint density at radius 1 is 1.04 bits per heavy atom. The Balaban J connectivity index is 0.00000156. The van der Waals surface area contributed by atoms with E-state index in [1.54, 1.807) is 0 Å². The van der Waals surface area contributed by atoms with Crippen LogP contribution in [0.25, 0.3) is 10.9 Å². The Morgan fingerprint density at radius 2 is 1.83 bits per heavy atom. The van der Waals surface area contributed by atoms with Gasteiger partial charge in [-0.1, -0.05) is 29.8 Å². The quantitative estimate of drug-likeness (QED) is 0.633. The number of benzene rings is 1. The Bertz CT molecular complexity index is 654. The average molecular weight is 338 g/mol. The third-order valence-electron chi connectivity index (χ3n) is 4.83. The van der Waals surface area contributed by atoms with Crippen LogP contribution in [0, 0.1) is 0 Å². The first-order valence-corrected chi connectivity index (χ1v) is 8.53. The maximum absolute atomic E-state index is 6.76. The first-order valence-electron chi connectivity index (χ1n) is 8.09. The molecule has 2 aromatic rings. The molecular formula is C17H24ClN3O2. The van der Waals surface area contributed by atoms with E-state index < -0.39 is 0 Å². The summed E-state index contributed by atoms with van der Waals surface area (Å²) in [7, 11) is 0. The van der Waals surface area contributed by atoms with E-state index in [9.17, 15) is 0 Å². The van der Waals surface area contributed by atoms with Crippen molar-refractivity contribution in [3.8, 4) is 0 Å². The zero-order valence-electron chi connectivity index (χ0n) is 13.2. The number of rotatable bonds is 3. The van der Waals surface area contributed by atoms with Crippen LogP contribution in [0.5, 0.6) is 0 Å². The third kappa shape index (κ3) is 3.25. The molecule has 2 N–H and O–H groups in total. The smallest absolute Gasteiger partial charge is 0.126 e. The maximum atomic E-state index is 6.76. The van der Waals surface area contributed by atoms with Crippen LogP contribution in [-0.2, 0) is 11.3 Å². The number of aromatic nitrogens is 1. The predicted molar refractivity (Wildman–Crippen MR) is 93.0 cm³/mol. The highest BCUT2D eigenvalue weighted by molar-refractivity contribution is 6.20. The fourth-order valence-corrected chi connectivity index (χ4v) is 3.90. The summed E-state index contributed by atoms with van der Waals surface area (Å²) in [5.41, 5.74) is 2.51. The van der Waals surface area contributed by atoms with Crippen molar-refractivity contribution in [1.29, 1.82) is 0 Å². The van der Waals surface area contributed by atoms with Crippen molar-refractivity contribution < 1.29 is 10.2 Å². The van der Waals surface area contributed by atoms with Gasteiger partial charge in [-0.2, -0.15) is 0 Å². The summed E-state index contributed by atoms with van der Waals surface area (Å²) in [4.78, 5) is 4.86. The molecule has 5 nitrogen and oxygen atoms in total. The van der Waals surface area contributed by atoms with E-state index in [0.29, 0.717) is 0 Å². The highest BCUT2D eigenvalue weighted by Crippen LogP contribution is 2.33. The summed E-state index contributed by atoms with van der Waals surface area (Å²) in [5.74, 6) is 0. The van der Waals surface area contributed by atoms with Crippen LogP contribution in [0.1, 0.15) is 11.2 Å². The van der Waals surface area contributed by atoms with Crippen LogP contribution in [0.2, 0.25) is 0 Å². The molecule has 0 spiro atoms. The summed E-state index contributed by atoms with van der Waals surface area (Å²) >= 11 is 6.76. The van der Waals surface area contributed by atoms with Crippen LogP contribution in [-0.4, -0.2) is 65.8 Å². The molecule has 1 saturated heterocycles. The van der Waals surface area contributed by atoms with E-state index in [4.69, 9.17) is 16.3 Å². The van der Waals surface area contributed by atoms with Gasteiger partial charge in [-0.05, 0) is 17.5 Å². The van der Waals surface area contributed by atoms with Gasteiger partial charge in [-0.25, -0.2) is 0 Å². The van der Waals surface area contributed by atoms with Crippen LogP contribution < -0.4 is 0 Å². The normalized spacial score (nSPS) is 22.7. The molecule has 0 saturated carbocycles. The maximum Gasteiger partial charge on any atom is 0.126 e. The van der Waals surface area contributed by atoms with Crippen molar-refractivity contribution in [2.24, 2.45) is 0 Å². The topological polar surface area (TPSA) is 52.1 Å². The minimum absolute atomic E-state index is 0. The minimum atomic E-state index is -0.0257. The molecule has 0 radical (unpaired) electrons. The lowest BCUT2D eigenvalue weighted by atomic mass is 10.2. The third-order valence-corrected chi connectivity index (χ3v) is 5.32. The highest BCUT2D eigenvalue weighted by Gasteiger charge is 2.27. The van der Waals surface area contributed by atoms with E-state index in [1.807, 2.05) is 0 Å². The van der Waals surface area contributed by atoms with Gasteiger partial charge >= 0.3 is 0 Å². The molecule has 1 aromatic carbocycles. The van der Waals surface area contributed by atoms with Crippen LogP contribution in [0.4, 0.5) is 0 Å². The summed E-state index contributed by atoms with van der Waals surface area (Å²) in [6.45, 7) is 7.95. The molecular weight excluding hydrogens is 314 g/mol. The lowest BCUT2D eigenvalue weighted by Gasteiger charge is -2.35. The van der Waals surface area contributed by atoms with E-state index in [1.165, 1.54) is 16.6 Å². The fourth-order valence-electron chi connectivity index (χ4n) is 3.53. The lowest BCUT2D eigenvalue weighted by molar-refractivity contribution is 0.0315. The second-order valence-electron chi connectivity index (χ2n) is 6.11.